The van der Waals surface area contributed by atoms with Crippen LogP contribution in [0.25, 0.3) is 0 Å². The quantitative estimate of drug-likeness (QED) is 0.582. The fourth-order valence-corrected chi connectivity index (χ4v) is 2.92. The van der Waals surface area contributed by atoms with Gasteiger partial charge in [-0.25, -0.2) is 0 Å². The van der Waals surface area contributed by atoms with Crippen LogP contribution in [0.3, 0.4) is 0 Å². The lowest BCUT2D eigenvalue weighted by Crippen LogP contribution is -1.98. The monoisotopic (exact) mass is 152 g/mol. The van der Waals surface area contributed by atoms with Crippen molar-refractivity contribution in [3.8, 4) is 0 Å². The van der Waals surface area contributed by atoms with Crippen LogP contribution in [0, 0.1) is 29.6 Å². The van der Waals surface area contributed by atoms with E-state index in [4.69, 9.17) is 0 Å². The van der Waals surface area contributed by atoms with Gasteiger partial charge in [0.25, 0.3) is 0 Å². The van der Waals surface area contributed by atoms with Gasteiger partial charge in [-0.3, -0.25) is 0 Å². The molecule has 0 saturated heterocycles. The molecule has 2 aliphatic rings. The summed E-state index contributed by atoms with van der Waals surface area (Å²) in [6, 6.07) is 0. The Morgan fingerprint density at radius 1 is 1.36 bits per heavy atom. The van der Waals surface area contributed by atoms with Crippen LogP contribution in [0.4, 0.5) is 0 Å². The molecule has 2 saturated carbocycles. The van der Waals surface area contributed by atoms with E-state index in [1.807, 2.05) is 0 Å². The predicted molar refractivity (Wildman–Crippen MR) is 48.3 cm³/mol. The van der Waals surface area contributed by atoms with Crippen molar-refractivity contribution in [1.29, 1.82) is 0 Å². The van der Waals surface area contributed by atoms with Crippen LogP contribution in [0.2, 0.25) is 0 Å². The molecular formula is C11H20. The highest BCUT2D eigenvalue weighted by Gasteiger charge is 2.55. The molecule has 0 aromatic heterocycles. The van der Waals surface area contributed by atoms with Gasteiger partial charge in [-0.15, -0.1) is 0 Å². The lowest BCUT2D eigenvalue weighted by Gasteiger charge is -2.06. The summed E-state index contributed by atoms with van der Waals surface area (Å²) in [5.41, 5.74) is 0. The molecule has 0 aromatic rings. The van der Waals surface area contributed by atoms with E-state index in [0.29, 0.717) is 0 Å². The zero-order valence-corrected chi connectivity index (χ0v) is 8.01. The summed E-state index contributed by atoms with van der Waals surface area (Å²) in [5, 5.41) is 0. The Kier molecular flexibility index (Phi) is 1.74. The Balaban J connectivity index is 1.87. The Labute approximate surface area is 70.4 Å². The van der Waals surface area contributed by atoms with Crippen LogP contribution in [0.5, 0.6) is 0 Å². The first kappa shape index (κ1) is 7.64. The first-order chi connectivity index (χ1) is 5.25. The SMILES string of the molecule is CCC(C)C1C(C)C1C1CC1. The Morgan fingerprint density at radius 2 is 2.00 bits per heavy atom. The number of hydrogen-bond donors (Lipinski definition) is 0. The summed E-state index contributed by atoms with van der Waals surface area (Å²) >= 11 is 0. The molecule has 0 spiro atoms. The van der Waals surface area contributed by atoms with Crippen LogP contribution < -0.4 is 0 Å². The average molecular weight is 152 g/mol. The highest BCUT2D eigenvalue weighted by molar-refractivity contribution is 5.03. The molecule has 4 unspecified atom stereocenters. The summed E-state index contributed by atoms with van der Waals surface area (Å²) in [5.74, 6) is 5.47. The predicted octanol–water partition coefficient (Wildman–Crippen LogP) is 3.32. The molecule has 0 aliphatic heterocycles. The largest absolute Gasteiger partial charge is 0.0651 e. The minimum Gasteiger partial charge on any atom is -0.0651 e. The highest BCUT2D eigenvalue weighted by Crippen LogP contribution is 2.61. The molecule has 2 fully saturated rings. The van der Waals surface area contributed by atoms with Crippen molar-refractivity contribution >= 4 is 0 Å². The first-order valence-corrected chi connectivity index (χ1v) is 5.25. The lowest BCUT2D eigenvalue weighted by atomic mass is 10.00. The molecule has 0 bridgehead atoms. The summed E-state index contributed by atoms with van der Waals surface area (Å²) in [6.45, 7) is 7.23. The average Bonchev–Trinajstić information content (AvgIpc) is 2.81. The van der Waals surface area contributed by atoms with Crippen molar-refractivity contribution in [2.75, 3.05) is 0 Å². The lowest BCUT2D eigenvalue weighted by molar-refractivity contribution is 0.439. The van der Waals surface area contributed by atoms with E-state index in [1.54, 1.807) is 12.8 Å². The highest BCUT2D eigenvalue weighted by atomic mass is 14.6. The van der Waals surface area contributed by atoms with Crippen LogP contribution in [0.1, 0.15) is 40.0 Å². The van der Waals surface area contributed by atoms with Crippen LogP contribution in [-0.4, -0.2) is 0 Å². The third-order valence-corrected chi connectivity index (χ3v) is 3.99. The summed E-state index contributed by atoms with van der Waals surface area (Å²) in [6.07, 6.45) is 4.47. The zero-order valence-electron chi connectivity index (χ0n) is 8.01. The molecule has 0 aromatic carbocycles. The van der Waals surface area contributed by atoms with Gasteiger partial charge in [0.05, 0.1) is 0 Å². The molecule has 4 atom stereocenters. The van der Waals surface area contributed by atoms with Crippen molar-refractivity contribution in [2.45, 2.75) is 40.0 Å². The van der Waals surface area contributed by atoms with E-state index in [2.05, 4.69) is 20.8 Å². The fourth-order valence-electron chi connectivity index (χ4n) is 2.92. The molecule has 2 aliphatic carbocycles. The zero-order chi connectivity index (χ0) is 8.01. The van der Waals surface area contributed by atoms with Crippen molar-refractivity contribution in [3.05, 3.63) is 0 Å². The Morgan fingerprint density at radius 3 is 2.45 bits per heavy atom. The van der Waals surface area contributed by atoms with Crippen molar-refractivity contribution < 1.29 is 0 Å². The summed E-state index contributed by atoms with van der Waals surface area (Å²) in [7, 11) is 0. The normalized spacial score (nSPS) is 45.5. The molecule has 0 nitrogen and oxygen atoms in total. The van der Waals surface area contributed by atoms with Gasteiger partial charge in [-0.2, -0.15) is 0 Å². The second kappa shape index (κ2) is 2.50. The van der Waals surface area contributed by atoms with E-state index in [0.717, 1.165) is 29.6 Å². The van der Waals surface area contributed by atoms with E-state index < -0.39 is 0 Å². The Bertz CT molecular complexity index is 146. The van der Waals surface area contributed by atoms with Crippen molar-refractivity contribution in [2.24, 2.45) is 29.6 Å². The molecule has 0 N–H and O–H groups in total. The minimum atomic E-state index is 0.996. The maximum atomic E-state index is 2.46. The fraction of sp³-hybridized carbons (Fsp3) is 1.00. The second-order valence-electron chi connectivity index (χ2n) is 4.74. The van der Waals surface area contributed by atoms with Gasteiger partial charge >= 0.3 is 0 Å². The number of hydrogen-bond acceptors (Lipinski definition) is 0. The molecule has 0 heteroatoms. The van der Waals surface area contributed by atoms with Crippen molar-refractivity contribution in [1.82, 2.24) is 0 Å². The topological polar surface area (TPSA) is 0 Å². The maximum absolute atomic E-state index is 2.46. The molecule has 2 rings (SSSR count). The van der Waals surface area contributed by atoms with Gasteiger partial charge < -0.3 is 0 Å². The molecular weight excluding hydrogens is 132 g/mol. The third kappa shape index (κ3) is 1.21. The van der Waals surface area contributed by atoms with E-state index in [1.165, 1.54) is 6.42 Å². The Hall–Kier alpha value is 0. The molecule has 11 heavy (non-hydrogen) atoms. The molecule has 0 heterocycles. The van der Waals surface area contributed by atoms with Crippen molar-refractivity contribution in [3.63, 3.8) is 0 Å². The van der Waals surface area contributed by atoms with E-state index in [-0.39, 0.29) is 0 Å². The van der Waals surface area contributed by atoms with E-state index >= 15 is 0 Å². The smallest absolute Gasteiger partial charge is 0.0324 e. The van der Waals surface area contributed by atoms with Gasteiger partial charge in [0.2, 0.25) is 0 Å². The molecule has 64 valence electrons. The van der Waals surface area contributed by atoms with Crippen LogP contribution >= 0.6 is 0 Å². The first-order valence-electron chi connectivity index (χ1n) is 5.25. The standard InChI is InChI=1S/C11H20/c1-4-7(2)10-8(3)11(10)9-5-6-9/h7-11H,4-6H2,1-3H3. The third-order valence-electron chi connectivity index (χ3n) is 3.99. The van der Waals surface area contributed by atoms with Crippen LogP contribution in [0.15, 0.2) is 0 Å². The van der Waals surface area contributed by atoms with E-state index in [9.17, 15) is 0 Å². The molecule has 0 amide bonds. The summed E-state index contributed by atoms with van der Waals surface area (Å²) < 4.78 is 0. The summed E-state index contributed by atoms with van der Waals surface area (Å²) in [4.78, 5) is 0. The molecule has 0 radical (unpaired) electrons. The van der Waals surface area contributed by atoms with Gasteiger partial charge in [0.1, 0.15) is 0 Å². The maximum Gasteiger partial charge on any atom is -0.0324 e. The van der Waals surface area contributed by atoms with Crippen LogP contribution in [-0.2, 0) is 0 Å². The second-order valence-corrected chi connectivity index (χ2v) is 4.74. The van der Waals surface area contributed by atoms with Gasteiger partial charge in [-0.05, 0) is 42.4 Å². The van der Waals surface area contributed by atoms with Gasteiger partial charge in [0, 0.05) is 0 Å². The van der Waals surface area contributed by atoms with Gasteiger partial charge in [0.15, 0.2) is 0 Å². The van der Waals surface area contributed by atoms with Gasteiger partial charge in [-0.1, -0.05) is 27.2 Å². The minimum absolute atomic E-state index is 0.996. The number of rotatable bonds is 3.